The van der Waals surface area contributed by atoms with Crippen molar-refractivity contribution in [3.63, 3.8) is 0 Å². The SMILES string of the molecule is COC(=O)c1ccc(C(=O)Nc2cc3c(=O)n(OC(C)=O)c(=O)[nH]c3cc2Cl)cc1. The summed E-state index contributed by atoms with van der Waals surface area (Å²) in [5.41, 5.74) is -1.19. The third-order valence-corrected chi connectivity index (χ3v) is 4.30. The summed E-state index contributed by atoms with van der Waals surface area (Å²) in [7, 11) is 1.24. The molecule has 1 heterocycles. The summed E-state index contributed by atoms with van der Waals surface area (Å²) in [6.07, 6.45) is 0. The fourth-order valence-electron chi connectivity index (χ4n) is 2.60. The molecule has 0 atom stereocenters. The van der Waals surface area contributed by atoms with Crippen molar-refractivity contribution in [3.8, 4) is 0 Å². The lowest BCUT2D eigenvalue weighted by molar-refractivity contribution is -0.142. The predicted molar refractivity (Wildman–Crippen MR) is 107 cm³/mol. The zero-order chi connectivity index (χ0) is 22.0. The molecule has 154 valence electrons. The van der Waals surface area contributed by atoms with E-state index >= 15 is 0 Å². The Balaban J connectivity index is 1.97. The van der Waals surface area contributed by atoms with E-state index in [1.165, 1.54) is 43.5 Å². The van der Waals surface area contributed by atoms with Crippen LogP contribution in [0.25, 0.3) is 10.9 Å². The average molecular weight is 432 g/mol. The van der Waals surface area contributed by atoms with Gasteiger partial charge in [0.1, 0.15) is 0 Å². The number of methoxy groups -OCH3 is 1. The van der Waals surface area contributed by atoms with Crippen molar-refractivity contribution in [1.29, 1.82) is 0 Å². The summed E-state index contributed by atoms with van der Waals surface area (Å²) in [5.74, 6) is -1.96. The summed E-state index contributed by atoms with van der Waals surface area (Å²) >= 11 is 6.16. The second-order valence-corrected chi connectivity index (χ2v) is 6.42. The van der Waals surface area contributed by atoms with E-state index < -0.39 is 29.1 Å². The van der Waals surface area contributed by atoms with Gasteiger partial charge in [-0.15, -0.1) is 0 Å². The number of halogens is 1. The fourth-order valence-corrected chi connectivity index (χ4v) is 2.81. The molecule has 3 rings (SSSR count). The number of esters is 1. The third kappa shape index (κ3) is 4.08. The van der Waals surface area contributed by atoms with Crippen molar-refractivity contribution in [2.45, 2.75) is 6.92 Å². The number of ether oxygens (including phenoxy) is 1. The zero-order valence-corrected chi connectivity index (χ0v) is 16.4. The second kappa shape index (κ2) is 8.21. The molecule has 3 aromatic rings. The minimum absolute atomic E-state index is 0.0448. The lowest BCUT2D eigenvalue weighted by Gasteiger charge is -2.10. The van der Waals surface area contributed by atoms with Crippen LogP contribution in [-0.2, 0) is 9.53 Å². The molecule has 1 aromatic heterocycles. The van der Waals surface area contributed by atoms with Crippen molar-refractivity contribution in [3.05, 3.63) is 73.4 Å². The first-order valence-electron chi connectivity index (χ1n) is 8.38. The van der Waals surface area contributed by atoms with Crippen molar-refractivity contribution < 1.29 is 24.0 Å². The van der Waals surface area contributed by atoms with Gasteiger partial charge in [0.05, 0.1) is 34.3 Å². The fraction of sp³-hybridized carbons (Fsp3) is 0.105. The molecule has 0 saturated heterocycles. The van der Waals surface area contributed by atoms with Crippen molar-refractivity contribution >= 4 is 46.0 Å². The second-order valence-electron chi connectivity index (χ2n) is 6.01. The highest BCUT2D eigenvalue weighted by molar-refractivity contribution is 6.34. The van der Waals surface area contributed by atoms with Crippen LogP contribution in [0, 0.1) is 0 Å². The van der Waals surface area contributed by atoms with E-state index in [0.717, 1.165) is 6.92 Å². The Kier molecular flexibility index (Phi) is 5.70. The Labute approximate surface area is 172 Å². The minimum atomic E-state index is -0.957. The van der Waals surface area contributed by atoms with Crippen molar-refractivity contribution in [1.82, 2.24) is 9.71 Å². The van der Waals surface area contributed by atoms with E-state index in [1.54, 1.807) is 0 Å². The van der Waals surface area contributed by atoms with E-state index in [-0.39, 0.29) is 37.5 Å². The molecule has 0 bridgehead atoms. The first-order valence-corrected chi connectivity index (χ1v) is 8.76. The zero-order valence-electron chi connectivity index (χ0n) is 15.6. The predicted octanol–water partition coefficient (Wildman–Crippen LogP) is 1.36. The number of H-pyrrole nitrogens is 1. The highest BCUT2D eigenvalue weighted by Crippen LogP contribution is 2.26. The van der Waals surface area contributed by atoms with E-state index in [4.69, 9.17) is 11.6 Å². The Morgan fingerprint density at radius 3 is 2.30 bits per heavy atom. The van der Waals surface area contributed by atoms with Gasteiger partial charge in [-0.1, -0.05) is 16.3 Å². The lowest BCUT2D eigenvalue weighted by Crippen LogP contribution is -2.41. The first kappa shape index (κ1) is 20.8. The van der Waals surface area contributed by atoms with Crippen molar-refractivity contribution in [2.75, 3.05) is 12.4 Å². The molecule has 11 heteroatoms. The molecule has 2 N–H and O–H groups in total. The van der Waals surface area contributed by atoms with Crippen LogP contribution in [0.5, 0.6) is 0 Å². The van der Waals surface area contributed by atoms with Gasteiger partial charge in [0.15, 0.2) is 0 Å². The van der Waals surface area contributed by atoms with Crippen LogP contribution in [0.2, 0.25) is 5.02 Å². The molecule has 0 unspecified atom stereocenters. The number of carbonyl (C=O) groups is 3. The summed E-state index contributed by atoms with van der Waals surface area (Å²) in [6.45, 7) is 1.04. The number of benzene rings is 2. The van der Waals surface area contributed by atoms with E-state index in [1.807, 2.05) is 0 Å². The molecular weight excluding hydrogens is 418 g/mol. The standard InChI is InChI=1S/C19H14ClN3O7/c1-9(24)30-23-17(26)12-7-15(13(20)8-14(12)22-19(23)28)21-16(25)10-3-5-11(6-4-10)18(27)29-2/h3-8H,1-2H3,(H,21,25)(H,22,28). The molecule has 0 aliphatic rings. The van der Waals surface area contributed by atoms with Gasteiger partial charge in [0.2, 0.25) is 0 Å². The number of aromatic amines is 1. The van der Waals surface area contributed by atoms with Crippen LogP contribution in [0.4, 0.5) is 5.69 Å². The maximum atomic E-state index is 12.5. The normalized spacial score (nSPS) is 10.5. The Hall–Kier alpha value is -3.92. The first-order chi connectivity index (χ1) is 14.2. The summed E-state index contributed by atoms with van der Waals surface area (Å²) in [5, 5.41) is 2.56. The summed E-state index contributed by atoms with van der Waals surface area (Å²) < 4.78 is 4.87. The van der Waals surface area contributed by atoms with Gasteiger partial charge in [-0.25, -0.2) is 14.4 Å². The maximum Gasteiger partial charge on any atom is 0.363 e. The number of hydrogen-bond acceptors (Lipinski definition) is 7. The number of aromatic nitrogens is 2. The molecule has 10 nitrogen and oxygen atoms in total. The summed E-state index contributed by atoms with van der Waals surface area (Å²) in [6, 6.07) is 8.21. The van der Waals surface area contributed by atoms with Gasteiger partial charge in [-0.2, -0.15) is 0 Å². The molecule has 0 spiro atoms. The Bertz CT molecular complexity index is 1290. The van der Waals surface area contributed by atoms with Gasteiger partial charge < -0.3 is 19.9 Å². The number of nitrogens with one attached hydrogen (secondary N) is 2. The number of fused-ring (bicyclic) bond motifs is 1. The van der Waals surface area contributed by atoms with Crippen LogP contribution in [0.1, 0.15) is 27.6 Å². The van der Waals surface area contributed by atoms with E-state index in [0.29, 0.717) is 0 Å². The topological polar surface area (TPSA) is 137 Å². The highest BCUT2D eigenvalue weighted by atomic mass is 35.5. The molecule has 0 radical (unpaired) electrons. The van der Waals surface area contributed by atoms with Crippen LogP contribution >= 0.6 is 11.6 Å². The number of nitrogens with zero attached hydrogens (tertiary/aromatic N) is 1. The minimum Gasteiger partial charge on any atom is -0.465 e. The van der Waals surface area contributed by atoms with Crippen LogP contribution in [0.3, 0.4) is 0 Å². The van der Waals surface area contributed by atoms with Gasteiger partial charge in [0.25, 0.3) is 11.5 Å². The molecule has 0 aliphatic heterocycles. The smallest absolute Gasteiger partial charge is 0.363 e. The van der Waals surface area contributed by atoms with Crippen LogP contribution in [-0.4, -0.2) is 34.7 Å². The van der Waals surface area contributed by atoms with Crippen LogP contribution < -0.4 is 21.4 Å². The van der Waals surface area contributed by atoms with Crippen molar-refractivity contribution in [2.24, 2.45) is 0 Å². The molecule has 2 aromatic carbocycles. The number of hydrogen-bond donors (Lipinski definition) is 2. The Morgan fingerprint density at radius 1 is 1.07 bits per heavy atom. The Morgan fingerprint density at radius 2 is 1.70 bits per heavy atom. The molecule has 0 saturated carbocycles. The van der Waals surface area contributed by atoms with Crippen LogP contribution in [0.15, 0.2) is 46.0 Å². The van der Waals surface area contributed by atoms with Gasteiger partial charge in [-0.3, -0.25) is 9.59 Å². The third-order valence-electron chi connectivity index (χ3n) is 3.98. The molecule has 1 amide bonds. The number of anilines is 1. The van der Waals surface area contributed by atoms with E-state index in [9.17, 15) is 24.0 Å². The largest absolute Gasteiger partial charge is 0.465 e. The van der Waals surface area contributed by atoms with Gasteiger partial charge in [0, 0.05) is 12.5 Å². The molecule has 0 aliphatic carbocycles. The molecule has 30 heavy (non-hydrogen) atoms. The number of carbonyl (C=O) groups excluding carboxylic acids is 3. The van der Waals surface area contributed by atoms with Gasteiger partial charge >= 0.3 is 17.6 Å². The lowest BCUT2D eigenvalue weighted by atomic mass is 10.1. The number of rotatable bonds is 4. The summed E-state index contributed by atoms with van der Waals surface area (Å²) in [4.78, 5) is 66.5. The van der Waals surface area contributed by atoms with E-state index in [2.05, 4.69) is 19.9 Å². The monoisotopic (exact) mass is 431 g/mol. The number of amides is 1. The quantitative estimate of drug-likeness (QED) is 0.595. The molecule has 0 fully saturated rings. The molecular formula is C19H14ClN3O7. The maximum absolute atomic E-state index is 12.5. The average Bonchev–Trinajstić information content (AvgIpc) is 2.71. The van der Waals surface area contributed by atoms with Gasteiger partial charge in [-0.05, 0) is 36.4 Å². The highest BCUT2D eigenvalue weighted by Gasteiger charge is 2.15.